The number of hydrogen-bond donors (Lipinski definition) is 1. The van der Waals surface area contributed by atoms with Crippen LogP contribution in [0.2, 0.25) is 5.02 Å². The number of aromatic nitrogens is 2. The van der Waals surface area contributed by atoms with Crippen LogP contribution in [0.1, 0.15) is 43.4 Å². The molecule has 0 radical (unpaired) electrons. The predicted octanol–water partition coefficient (Wildman–Crippen LogP) is 9.57. The zero-order valence-corrected chi connectivity index (χ0v) is 28.8. The summed E-state index contributed by atoms with van der Waals surface area (Å²) in [5.74, 6) is -1.85. The van der Waals surface area contributed by atoms with Crippen molar-refractivity contribution in [3.8, 4) is 34.0 Å². The molecular formula is C40H26ClF5N4O4. The van der Waals surface area contributed by atoms with Gasteiger partial charge in [0.05, 0.1) is 30.8 Å². The molecule has 1 atom stereocenters. The van der Waals surface area contributed by atoms with Crippen LogP contribution >= 0.6 is 11.6 Å². The summed E-state index contributed by atoms with van der Waals surface area (Å²) in [4.78, 5) is 34.3. The molecule has 1 N–H and O–H groups in total. The molecule has 0 fully saturated rings. The van der Waals surface area contributed by atoms with Crippen LogP contribution in [0, 0.1) is 11.6 Å². The minimum Gasteiger partial charge on any atom is -0.497 e. The number of imidazole rings is 1. The fourth-order valence-electron chi connectivity index (χ4n) is 6.87. The zero-order valence-electron chi connectivity index (χ0n) is 28.0. The van der Waals surface area contributed by atoms with E-state index in [0.717, 1.165) is 11.6 Å². The maximum atomic E-state index is 14.9. The van der Waals surface area contributed by atoms with E-state index in [0.29, 0.717) is 59.4 Å². The lowest BCUT2D eigenvalue weighted by molar-refractivity contribution is -0.137. The number of anilines is 2. The first-order chi connectivity index (χ1) is 25.9. The lowest BCUT2D eigenvalue weighted by atomic mass is 9.91. The molecule has 0 bridgehead atoms. The van der Waals surface area contributed by atoms with E-state index in [2.05, 4.69) is 10.3 Å². The van der Waals surface area contributed by atoms with E-state index in [9.17, 15) is 31.5 Å². The van der Waals surface area contributed by atoms with Crippen LogP contribution in [0.15, 0.2) is 103 Å². The highest BCUT2D eigenvalue weighted by molar-refractivity contribution is 6.31. The van der Waals surface area contributed by atoms with E-state index in [4.69, 9.17) is 21.1 Å². The zero-order chi connectivity index (χ0) is 37.9. The Morgan fingerprint density at radius 2 is 1.72 bits per heavy atom. The van der Waals surface area contributed by atoms with Crippen molar-refractivity contribution in [3.05, 3.63) is 148 Å². The number of nitrogens with one attached hydrogen (secondary N) is 1. The molecule has 6 aromatic rings. The van der Waals surface area contributed by atoms with Gasteiger partial charge in [0.2, 0.25) is 0 Å². The third kappa shape index (κ3) is 6.19. The van der Waals surface area contributed by atoms with Crippen molar-refractivity contribution in [2.45, 2.75) is 18.8 Å². The number of ether oxygens (including phenoxy) is 2. The minimum absolute atomic E-state index is 0.00795. The summed E-state index contributed by atoms with van der Waals surface area (Å²) in [6, 6.07) is 19.0. The summed E-state index contributed by atoms with van der Waals surface area (Å²) < 4.78 is 83.8. The van der Waals surface area contributed by atoms with Crippen molar-refractivity contribution < 1.29 is 41.0 Å². The number of nitrogens with zero attached hydrogens (tertiary/aromatic N) is 3. The molecule has 5 aromatic carbocycles. The fraction of sp³-hybridized carbons (Fsp3) is 0.125. The summed E-state index contributed by atoms with van der Waals surface area (Å²) >= 11 is 6.68. The number of fused-ring (bicyclic) bond motifs is 4. The number of methoxy groups -OCH3 is 1. The molecule has 54 heavy (non-hydrogen) atoms. The van der Waals surface area contributed by atoms with Gasteiger partial charge in [0.25, 0.3) is 11.8 Å². The molecule has 2 aliphatic rings. The Hall–Kier alpha value is -6.21. The average Bonchev–Trinajstić information content (AvgIpc) is 3.68. The summed E-state index contributed by atoms with van der Waals surface area (Å²) in [5, 5.41) is 2.75. The molecule has 8 rings (SSSR count). The second kappa shape index (κ2) is 13.3. The van der Waals surface area contributed by atoms with Gasteiger partial charge in [-0.1, -0.05) is 17.7 Å². The Morgan fingerprint density at radius 3 is 2.48 bits per heavy atom. The van der Waals surface area contributed by atoms with E-state index in [-0.39, 0.29) is 33.5 Å². The molecule has 272 valence electrons. The predicted molar refractivity (Wildman–Crippen MR) is 191 cm³/mol. The van der Waals surface area contributed by atoms with Gasteiger partial charge in [-0.3, -0.25) is 14.5 Å². The second-order valence-corrected chi connectivity index (χ2v) is 13.0. The Bertz CT molecular complexity index is 2480. The number of amides is 2. The van der Waals surface area contributed by atoms with Gasteiger partial charge in [-0.25, -0.2) is 13.8 Å². The van der Waals surface area contributed by atoms with Crippen molar-refractivity contribution in [2.24, 2.45) is 0 Å². The second-order valence-electron chi connectivity index (χ2n) is 12.6. The maximum Gasteiger partial charge on any atom is 0.416 e. The molecule has 3 heterocycles. The number of hydrogen-bond acceptors (Lipinski definition) is 5. The Labute approximate surface area is 309 Å². The first-order valence-electron chi connectivity index (χ1n) is 16.5. The molecular weight excluding hydrogens is 731 g/mol. The highest BCUT2D eigenvalue weighted by Gasteiger charge is 2.43. The average molecular weight is 757 g/mol. The SMILES string of the molecule is COc1ccc(N2C(=O)c3cc(-c4ccc5c(c4)OCCn4ccnc4-5)cc(NC(=O)c4cc(F)cc(C(F)(F)F)c4)c3C2c2cc(F)ccc2Cl)cc1. The number of rotatable bonds is 6. The molecule has 0 aliphatic carbocycles. The number of benzene rings is 5. The molecule has 1 aromatic heterocycles. The van der Waals surface area contributed by atoms with Gasteiger partial charge < -0.3 is 19.4 Å². The van der Waals surface area contributed by atoms with E-state index < -0.39 is 46.8 Å². The molecule has 0 saturated carbocycles. The largest absolute Gasteiger partial charge is 0.497 e. The molecule has 2 amide bonds. The van der Waals surface area contributed by atoms with Crippen molar-refractivity contribution in [1.82, 2.24) is 9.55 Å². The lowest BCUT2D eigenvalue weighted by Gasteiger charge is -2.28. The Morgan fingerprint density at radius 1 is 0.926 bits per heavy atom. The van der Waals surface area contributed by atoms with Crippen LogP contribution in [-0.2, 0) is 12.7 Å². The summed E-state index contributed by atoms with van der Waals surface area (Å²) in [6.07, 6.45) is -1.41. The van der Waals surface area contributed by atoms with E-state index in [1.807, 2.05) is 16.8 Å². The quantitative estimate of drug-likeness (QED) is 0.171. The first-order valence-corrected chi connectivity index (χ1v) is 16.9. The van der Waals surface area contributed by atoms with Crippen LogP contribution < -0.4 is 19.7 Å². The van der Waals surface area contributed by atoms with Gasteiger partial charge in [0, 0.05) is 51.0 Å². The van der Waals surface area contributed by atoms with Crippen LogP contribution in [0.3, 0.4) is 0 Å². The lowest BCUT2D eigenvalue weighted by Crippen LogP contribution is -2.29. The molecule has 2 aliphatic heterocycles. The Balaban J connectivity index is 1.33. The molecule has 0 saturated heterocycles. The van der Waals surface area contributed by atoms with Gasteiger partial charge in [-0.15, -0.1) is 0 Å². The van der Waals surface area contributed by atoms with Crippen molar-refractivity contribution in [3.63, 3.8) is 0 Å². The van der Waals surface area contributed by atoms with Crippen molar-refractivity contribution >= 4 is 34.8 Å². The fourth-order valence-corrected chi connectivity index (χ4v) is 7.09. The molecule has 14 heteroatoms. The topological polar surface area (TPSA) is 85.7 Å². The third-order valence-corrected chi connectivity index (χ3v) is 9.70. The van der Waals surface area contributed by atoms with Crippen molar-refractivity contribution in [1.29, 1.82) is 0 Å². The van der Waals surface area contributed by atoms with Gasteiger partial charge in [-0.05, 0) is 96.1 Å². The van der Waals surface area contributed by atoms with Gasteiger partial charge in [0.1, 0.15) is 35.6 Å². The maximum absolute atomic E-state index is 14.9. The standard InChI is InChI=1S/C40H26ClF5N4O4/c1-53-28-6-4-27(5-7-28)50-36(30-20-25(42)3-9-32(30)41)35-31(39(50)52)16-22(21-2-8-29-34(18-21)54-13-12-49-11-10-47-37(29)49)17-33(35)48-38(51)23-14-24(40(44,45)46)19-26(43)15-23/h2-11,14-20,36H,12-13H2,1H3,(H,48,51). The van der Waals surface area contributed by atoms with Crippen LogP contribution in [0.4, 0.5) is 33.3 Å². The highest BCUT2D eigenvalue weighted by atomic mass is 35.5. The Kier molecular flexibility index (Phi) is 8.60. The molecule has 0 spiro atoms. The van der Waals surface area contributed by atoms with Crippen LogP contribution in [-0.4, -0.2) is 35.1 Å². The summed E-state index contributed by atoms with van der Waals surface area (Å²) in [5.41, 5.74) is 0.537. The number of alkyl halides is 3. The van der Waals surface area contributed by atoms with Gasteiger partial charge >= 0.3 is 6.18 Å². The van der Waals surface area contributed by atoms with E-state index >= 15 is 0 Å². The van der Waals surface area contributed by atoms with E-state index in [1.54, 1.807) is 54.7 Å². The number of carbonyl (C=O) groups is 2. The van der Waals surface area contributed by atoms with Crippen LogP contribution in [0.5, 0.6) is 11.5 Å². The monoisotopic (exact) mass is 756 g/mol. The van der Waals surface area contributed by atoms with Crippen molar-refractivity contribution in [2.75, 3.05) is 23.9 Å². The smallest absolute Gasteiger partial charge is 0.416 e. The third-order valence-electron chi connectivity index (χ3n) is 9.36. The summed E-state index contributed by atoms with van der Waals surface area (Å²) in [7, 11) is 1.48. The number of halogens is 6. The molecule has 1 unspecified atom stereocenters. The first kappa shape index (κ1) is 34.9. The number of carbonyl (C=O) groups excluding carboxylic acids is 2. The van der Waals surface area contributed by atoms with Gasteiger partial charge in [-0.2, -0.15) is 13.2 Å². The summed E-state index contributed by atoms with van der Waals surface area (Å²) in [6.45, 7) is 0.911. The van der Waals surface area contributed by atoms with Crippen LogP contribution in [0.25, 0.3) is 22.5 Å². The van der Waals surface area contributed by atoms with Gasteiger partial charge in [0.15, 0.2) is 0 Å². The highest BCUT2D eigenvalue weighted by Crippen LogP contribution is 2.49. The molecule has 8 nitrogen and oxygen atoms in total. The normalized spacial score (nSPS) is 14.8. The minimum atomic E-state index is -4.94. The van der Waals surface area contributed by atoms with E-state index in [1.165, 1.54) is 24.1 Å².